The normalized spacial score (nSPS) is 17.9. The molecule has 6 heteroatoms. The molecule has 5 nitrogen and oxygen atoms in total. The zero-order valence-electron chi connectivity index (χ0n) is 11.4. The van der Waals surface area contributed by atoms with Crippen molar-refractivity contribution in [1.29, 1.82) is 0 Å². The van der Waals surface area contributed by atoms with Gasteiger partial charge < -0.3 is 5.32 Å². The molecule has 0 spiro atoms. The minimum absolute atomic E-state index is 0.0535. The molecule has 0 saturated heterocycles. The van der Waals surface area contributed by atoms with Gasteiger partial charge in [-0.15, -0.1) is 0 Å². The second-order valence-electron chi connectivity index (χ2n) is 4.59. The lowest BCUT2D eigenvalue weighted by Gasteiger charge is -2.18. The summed E-state index contributed by atoms with van der Waals surface area (Å²) < 4.78 is 0. The minimum atomic E-state index is -0.109. The van der Waals surface area contributed by atoms with E-state index in [4.69, 9.17) is 0 Å². The minimum Gasteiger partial charge on any atom is -0.355 e. The Labute approximate surface area is 126 Å². The Morgan fingerprint density at radius 1 is 1.10 bits per heavy atom. The van der Waals surface area contributed by atoms with Gasteiger partial charge in [-0.1, -0.05) is 23.9 Å². The number of rotatable bonds is 3. The summed E-state index contributed by atoms with van der Waals surface area (Å²) in [5, 5.41) is 7.38. The van der Waals surface area contributed by atoms with Crippen molar-refractivity contribution in [1.82, 2.24) is 10.4 Å². The van der Waals surface area contributed by atoms with Crippen molar-refractivity contribution in [3.63, 3.8) is 0 Å². The van der Waals surface area contributed by atoms with Crippen LogP contribution in [-0.2, 0) is 0 Å². The smallest absolute Gasteiger partial charge is 0.299 e. The molecule has 0 aliphatic carbocycles. The van der Waals surface area contributed by atoms with Gasteiger partial charge in [0.1, 0.15) is 0 Å². The van der Waals surface area contributed by atoms with Crippen LogP contribution in [0, 0.1) is 0 Å². The highest BCUT2D eigenvalue weighted by Crippen LogP contribution is 2.23. The molecule has 0 fully saturated rings. The van der Waals surface area contributed by atoms with Crippen LogP contribution in [0.25, 0.3) is 0 Å². The molecular weight excluding hydrogens is 284 g/mol. The number of hydrazone groups is 1. The van der Waals surface area contributed by atoms with E-state index in [9.17, 15) is 4.79 Å². The number of nitrogens with one attached hydrogen (secondary N) is 2. The highest BCUT2D eigenvalue weighted by molar-refractivity contribution is 8.14. The summed E-state index contributed by atoms with van der Waals surface area (Å²) in [6.45, 7) is 1.98. The Morgan fingerprint density at radius 3 is 2.43 bits per heavy atom. The lowest BCUT2D eigenvalue weighted by atomic mass is 10.1. The topological polar surface area (TPSA) is 66.4 Å². The van der Waals surface area contributed by atoms with Crippen LogP contribution in [0.5, 0.6) is 0 Å². The highest BCUT2D eigenvalue weighted by Gasteiger charge is 2.22. The first-order valence-corrected chi connectivity index (χ1v) is 7.42. The van der Waals surface area contributed by atoms with E-state index in [-0.39, 0.29) is 10.5 Å². The summed E-state index contributed by atoms with van der Waals surface area (Å²) in [6.07, 6.45) is 3.49. The summed E-state index contributed by atoms with van der Waals surface area (Å²) in [5.41, 5.74) is 6.38. The summed E-state index contributed by atoms with van der Waals surface area (Å²) in [4.78, 5) is 15.2. The van der Waals surface area contributed by atoms with Crippen molar-refractivity contribution in [2.45, 2.75) is 12.2 Å². The van der Waals surface area contributed by atoms with E-state index in [2.05, 4.69) is 20.8 Å². The molecule has 0 bridgehead atoms. The number of carbonyl (C=O) groups is 1. The number of hydrogen-bond acceptors (Lipinski definition) is 5. The van der Waals surface area contributed by atoms with E-state index in [1.165, 1.54) is 11.8 Å². The largest absolute Gasteiger partial charge is 0.355 e. The van der Waals surface area contributed by atoms with E-state index in [1.807, 2.05) is 43.3 Å². The van der Waals surface area contributed by atoms with Gasteiger partial charge in [0.2, 0.25) is 0 Å². The van der Waals surface area contributed by atoms with Crippen LogP contribution in [0.15, 0.2) is 53.9 Å². The Morgan fingerprint density at radius 2 is 1.76 bits per heavy atom. The van der Waals surface area contributed by atoms with Gasteiger partial charge in [0.25, 0.3) is 5.24 Å². The number of amides is 1. The number of benzene rings is 1. The molecular formula is C15H14N4OS. The average molecular weight is 298 g/mol. The van der Waals surface area contributed by atoms with Crippen LogP contribution < -0.4 is 10.7 Å². The zero-order chi connectivity index (χ0) is 14.7. The molecule has 1 aromatic heterocycles. The maximum Gasteiger partial charge on any atom is 0.299 e. The Balaban J connectivity index is 1.77. The molecule has 1 amide bonds. The first-order chi connectivity index (χ1) is 10.2. The van der Waals surface area contributed by atoms with Crippen molar-refractivity contribution < 1.29 is 4.79 Å². The molecule has 0 saturated carbocycles. The van der Waals surface area contributed by atoms with Crippen LogP contribution in [0.3, 0.4) is 0 Å². The maximum absolute atomic E-state index is 11.2. The molecule has 2 N–H and O–H groups in total. The van der Waals surface area contributed by atoms with Crippen molar-refractivity contribution in [2.75, 3.05) is 5.32 Å². The molecule has 1 aliphatic heterocycles. The van der Waals surface area contributed by atoms with E-state index in [0.29, 0.717) is 0 Å². The summed E-state index contributed by atoms with van der Waals surface area (Å²) in [7, 11) is 0. The molecule has 1 aromatic carbocycles. The van der Waals surface area contributed by atoms with Gasteiger partial charge in [-0.2, -0.15) is 5.10 Å². The third-order valence-electron chi connectivity index (χ3n) is 3.09. The Bertz CT molecular complexity index is 670. The van der Waals surface area contributed by atoms with Crippen LogP contribution >= 0.6 is 11.8 Å². The molecule has 0 radical (unpaired) electrons. The second-order valence-corrected chi connectivity index (χ2v) is 5.91. The van der Waals surface area contributed by atoms with Gasteiger partial charge in [-0.25, -0.2) is 5.43 Å². The number of anilines is 2. The van der Waals surface area contributed by atoms with Crippen molar-refractivity contribution in [2.24, 2.45) is 5.10 Å². The lowest BCUT2D eigenvalue weighted by Crippen LogP contribution is -2.29. The van der Waals surface area contributed by atoms with Crippen LogP contribution in [-0.4, -0.2) is 21.2 Å². The number of aromatic nitrogens is 1. The predicted octanol–water partition coefficient (Wildman–Crippen LogP) is 3.37. The molecule has 21 heavy (non-hydrogen) atoms. The van der Waals surface area contributed by atoms with Crippen molar-refractivity contribution >= 4 is 34.1 Å². The van der Waals surface area contributed by atoms with Gasteiger partial charge in [0, 0.05) is 23.8 Å². The predicted molar refractivity (Wildman–Crippen MR) is 86.1 cm³/mol. The van der Waals surface area contributed by atoms with E-state index in [1.54, 1.807) is 12.4 Å². The Kier molecular flexibility index (Phi) is 3.87. The average Bonchev–Trinajstić information content (AvgIpc) is 2.49. The van der Waals surface area contributed by atoms with Crippen LogP contribution in [0.2, 0.25) is 0 Å². The summed E-state index contributed by atoms with van der Waals surface area (Å²) in [6, 6.07) is 11.8. The maximum atomic E-state index is 11.2. The second kappa shape index (κ2) is 5.97. The molecule has 1 unspecified atom stereocenters. The van der Waals surface area contributed by atoms with Crippen LogP contribution in [0.1, 0.15) is 12.5 Å². The van der Waals surface area contributed by atoms with Crippen LogP contribution in [0.4, 0.5) is 16.2 Å². The van der Waals surface area contributed by atoms with Gasteiger partial charge in [0.15, 0.2) is 0 Å². The van der Waals surface area contributed by atoms with Gasteiger partial charge in [0.05, 0.1) is 11.0 Å². The summed E-state index contributed by atoms with van der Waals surface area (Å²) >= 11 is 1.25. The van der Waals surface area contributed by atoms with E-state index >= 15 is 0 Å². The molecule has 2 heterocycles. The molecule has 106 valence electrons. The van der Waals surface area contributed by atoms with E-state index in [0.717, 1.165) is 22.6 Å². The van der Waals surface area contributed by atoms with Crippen molar-refractivity contribution in [3.05, 3.63) is 54.4 Å². The quantitative estimate of drug-likeness (QED) is 0.911. The fraction of sp³-hybridized carbons (Fsp3) is 0.133. The fourth-order valence-electron chi connectivity index (χ4n) is 2.06. The van der Waals surface area contributed by atoms with Crippen molar-refractivity contribution in [3.8, 4) is 0 Å². The SMILES string of the molecule is CC1SC(=O)NN=C1c1ccc(Nc2ccncc2)cc1. The molecule has 2 aromatic rings. The van der Waals surface area contributed by atoms with Gasteiger partial charge in [-0.3, -0.25) is 9.78 Å². The first kappa shape index (κ1) is 13.6. The number of thioether (sulfide) groups is 1. The molecule has 1 aliphatic rings. The highest BCUT2D eigenvalue weighted by atomic mass is 32.2. The lowest BCUT2D eigenvalue weighted by molar-refractivity contribution is 0.261. The third kappa shape index (κ3) is 3.22. The molecule has 1 atom stereocenters. The van der Waals surface area contributed by atoms with Gasteiger partial charge >= 0.3 is 0 Å². The molecule has 3 rings (SSSR count). The fourth-order valence-corrected chi connectivity index (χ4v) is 2.78. The zero-order valence-corrected chi connectivity index (χ0v) is 12.2. The van der Waals surface area contributed by atoms with Gasteiger partial charge in [-0.05, 0) is 36.8 Å². The summed E-state index contributed by atoms with van der Waals surface area (Å²) in [5.74, 6) is 0. The first-order valence-electron chi connectivity index (χ1n) is 6.54. The number of hydrogen-bond donors (Lipinski definition) is 2. The standard InChI is InChI=1S/C15H14N4OS/c1-10-14(18-19-15(20)21-10)11-2-4-12(5-3-11)17-13-6-8-16-9-7-13/h2-10H,1H3,(H,16,17)(H,19,20). The third-order valence-corrected chi connectivity index (χ3v) is 3.97. The number of nitrogens with zero attached hydrogens (tertiary/aromatic N) is 2. The Hall–Kier alpha value is -2.34. The van der Waals surface area contributed by atoms with E-state index < -0.39 is 0 Å². The number of carbonyl (C=O) groups excluding carboxylic acids is 1. The number of pyridine rings is 1. The monoisotopic (exact) mass is 298 g/mol.